The summed E-state index contributed by atoms with van der Waals surface area (Å²) in [5.41, 5.74) is -0.732. The number of Topliss-reactive ketones (excluding diaryl/α,β-unsaturated/α-hetero) is 1. The predicted octanol–water partition coefficient (Wildman–Crippen LogP) is 1.52. The largest absolute Gasteiger partial charge is 0.389 e. The topological polar surface area (TPSA) is 37.3 Å². The van der Waals surface area contributed by atoms with Crippen molar-refractivity contribution in [2.45, 2.75) is 45.1 Å². The van der Waals surface area contributed by atoms with E-state index in [0.29, 0.717) is 6.42 Å². The van der Waals surface area contributed by atoms with Crippen molar-refractivity contribution in [3.63, 3.8) is 0 Å². The Morgan fingerprint density at radius 2 is 2.36 bits per heavy atom. The van der Waals surface area contributed by atoms with Crippen molar-refractivity contribution >= 4 is 5.78 Å². The number of hydrogen-bond donors (Lipinski definition) is 1. The minimum absolute atomic E-state index is 0.115. The highest BCUT2D eigenvalue weighted by atomic mass is 16.3. The first-order valence-corrected chi connectivity index (χ1v) is 4.33. The molecule has 1 rings (SSSR count). The summed E-state index contributed by atoms with van der Waals surface area (Å²) in [5, 5.41) is 9.78. The van der Waals surface area contributed by atoms with Crippen LogP contribution >= 0.6 is 0 Å². The van der Waals surface area contributed by atoms with E-state index in [-0.39, 0.29) is 11.7 Å². The van der Waals surface area contributed by atoms with Crippen molar-refractivity contribution in [1.29, 1.82) is 0 Å². The maximum atomic E-state index is 11.3. The highest BCUT2D eigenvalue weighted by Gasteiger charge is 2.38. The van der Waals surface area contributed by atoms with Crippen molar-refractivity contribution in [1.82, 2.24) is 0 Å². The summed E-state index contributed by atoms with van der Waals surface area (Å²) < 4.78 is 0. The number of carbonyl (C=O) groups is 1. The second-order valence-electron chi connectivity index (χ2n) is 3.64. The zero-order valence-electron chi connectivity index (χ0n) is 7.26. The lowest BCUT2D eigenvalue weighted by Gasteiger charge is -2.35. The summed E-state index contributed by atoms with van der Waals surface area (Å²) in [7, 11) is 0. The van der Waals surface area contributed by atoms with E-state index in [0.717, 1.165) is 19.3 Å². The van der Waals surface area contributed by atoms with Gasteiger partial charge in [-0.15, -0.1) is 0 Å². The molecule has 1 fully saturated rings. The molecule has 0 bridgehead atoms. The Labute approximate surface area is 67.6 Å². The standard InChI is InChI=1S/C9H16O2/c1-3-7-8(10)5-4-6-9(7,2)11/h7,11H,3-6H2,1-2H3/t7-,9+/m1/s1. The maximum absolute atomic E-state index is 11.3. The van der Waals surface area contributed by atoms with Gasteiger partial charge < -0.3 is 5.11 Å². The molecule has 0 aromatic heterocycles. The van der Waals surface area contributed by atoms with Gasteiger partial charge in [0, 0.05) is 12.3 Å². The van der Waals surface area contributed by atoms with Crippen molar-refractivity contribution in [3.05, 3.63) is 0 Å². The number of aliphatic hydroxyl groups is 1. The van der Waals surface area contributed by atoms with Gasteiger partial charge in [0.1, 0.15) is 5.78 Å². The predicted molar refractivity (Wildman–Crippen MR) is 43.3 cm³/mol. The molecule has 0 unspecified atom stereocenters. The molecule has 0 aromatic rings. The Hall–Kier alpha value is -0.370. The zero-order valence-corrected chi connectivity index (χ0v) is 7.26. The average Bonchev–Trinajstić information content (AvgIpc) is 1.86. The SMILES string of the molecule is CC[C@@H]1C(=O)CCC[C@]1(C)O. The maximum Gasteiger partial charge on any atom is 0.138 e. The van der Waals surface area contributed by atoms with Crippen LogP contribution < -0.4 is 0 Å². The van der Waals surface area contributed by atoms with Gasteiger partial charge in [0.2, 0.25) is 0 Å². The van der Waals surface area contributed by atoms with Crippen molar-refractivity contribution in [2.24, 2.45) is 5.92 Å². The summed E-state index contributed by atoms with van der Waals surface area (Å²) >= 11 is 0. The summed E-state index contributed by atoms with van der Waals surface area (Å²) in [6, 6.07) is 0. The lowest BCUT2D eigenvalue weighted by Crippen LogP contribution is -2.42. The van der Waals surface area contributed by atoms with Crippen LogP contribution in [0.2, 0.25) is 0 Å². The molecule has 0 spiro atoms. The third-order valence-electron chi connectivity index (χ3n) is 2.65. The fraction of sp³-hybridized carbons (Fsp3) is 0.889. The Balaban J connectivity index is 2.72. The minimum Gasteiger partial charge on any atom is -0.389 e. The molecule has 0 aliphatic heterocycles. The smallest absolute Gasteiger partial charge is 0.138 e. The molecule has 0 radical (unpaired) electrons. The number of ketones is 1. The summed E-state index contributed by atoms with van der Waals surface area (Å²) in [6.07, 6.45) is 3.06. The van der Waals surface area contributed by atoms with E-state index in [1.54, 1.807) is 6.92 Å². The van der Waals surface area contributed by atoms with E-state index in [9.17, 15) is 9.90 Å². The lowest BCUT2D eigenvalue weighted by atomic mass is 9.74. The van der Waals surface area contributed by atoms with Crippen LogP contribution in [0.3, 0.4) is 0 Å². The van der Waals surface area contributed by atoms with Crippen LogP contribution in [-0.4, -0.2) is 16.5 Å². The summed E-state index contributed by atoms with van der Waals surface area (Å²) in [4.78, 5) is 11.3. The molecule has 0 aromatic carbocycles. The molecule has 0 heterocycles. The monoisotopic (exact) mass is 156 g/mol. The third kappa shape index (κ3) is 1.62. The van der Waals surface area contributed by atoms with Crippen LogP contribution in [0.5, 0.6) is 0 Å². The van der Waals surface area contributed by atoms with E-state index in [1.165, 1.54) is 0 Å². The molecular weight excluding hydrogens is 140 g/mol. The summed E-state index contributed by atoms with van der Waals surface area (Å²) in [5.74, 6) is 0.125. The van der Waals surface area contributed by atoms with Gasteiger partial charge in [0.15, 0.2) is 0 Å². The highest BCUT2D eigenvalue weighted by Crippen LogP contribution is 2.32. The quantitative estimate of drug-likeness (QED) is 0.625. The normalized spacial score (nSPS) is 39.2. The second kappa shape index (κ2) is 2.94. The van der Waals surface area contributed by atoms with Crippen LogP contribution in [0, 0.1) is 5.92 Å². The van der Waals surface area contributed by atoms with Crippen LogP contribution in [0.25, 0.3) is 0 Å². The van der Waals surface area contributed by atoms with E-state index in [2.05, 4.69) is 0 Å². The molecule has 1 aliphatic rings. The molecule has 2 heteroatoms. The fourth-order valence-corrected chi connectivity index (χ4v) is 1.98. The highest BCUT2D eigenvalue weighted by molar-refractivity contribution is 5.82. The first kappa shape index (κ1) is 8.72. The molecule has 64 valence electrons. The van der Waals surface area contributed by atoms with Crippen LogP contribution in [0.15, 0.2) is 0 Å². The molecular formula is C9H16O2. The Kier molecular flexibility index (Phi) is 2.33. The van der Waals surface area contributed by atoms with Gasteiger partial charge in [-0.2, -0.15) is 0 Å². The van der Waals surface area contributed by atoms with E-state index >= 15 is 0 Å². The van der Waals surface area contributed by atoms with Gasteiger partial charge in [-0.3, -0.25) is 4.79 Å². The molecule has 1 N–H and O–H groups in total. The number of hydrogen-bond acceptors (Lipinski definition) is 2. The molecule has 2 nitrogen and oxygen atoms in total. The fourth-order valence-electron chi connectivity index (χ4n) is 1.98. The van der Waals surface area contributed by atoms with E-state index in [1.807, 2.05) is 6.92 Å². The Morgan fingerprint density at radius 1 is 1.73 bits per heavy atom. The Bertz CT molecular complexity index is 161. The van der Waals surface area contributed by atoms with Gasteiger partial charge >= 0.3 is 0 Å². The minimum atomic E-state index is -0.732. The van der Waals surface area contributed by atoms with E-state index in [4.69, 9.17) is 0 Å². The third-order valence-corrected chi connectivity index (χ3v) is 2.65. The van der Waals surface area contributed by atoms with Gasteiger partial charge in [-0.05, 0) is 26.2 Å². The van der Waals surface area contributed by atoms with Crippen molar-refractivity contribution < 1.29 is 9.90 Å². The van der Waals surface area contributed by atoms with E-state index < -0.39 is 5.60 Å². The van der Waals surface area contributed by atoms with Crippen LogP contribution in [0.1, 0.15) is 39.5 Å². The first-order valence-electron chi connectivity index (χ1n) is 4.33. The molecule has 2 atom stereocenters. The van der Waals surface area contributed by atoms with Crippen molar-refractivity contribution in [2.75, 3.05) is 0 Å². The van der Waals surface area contributed by atoms with Crippen LogP contribution in [-0.2, 0) is 4.79 Å². The second-order valence-corrected chi connectivity index (χ2v) is 3.64. The molecule has 1 saturated carbocycles. The van der Waals surface area contributed by atoms with Crippen molar-refractivity contribution in [3.8, 4) is 0 Å². The number of carbonyl (C=O) groups excluding carboxylic acids is 1. The zero-order chi connectivity index (χ0) is 8.48. The molecule has 0 amide bonds. The lowest BCUT2D eigenvalue weighted by molar-refractivity contribution is -0.136. The van der Waals surface area contributed by atoms with Gasteiger partial charge in [0.05, 0.1) is 5.60 Å². The molecule has 1 aliphatic carbocycles. The number of rotatable bonds is 1. The van der Waals surface area contributed by atoms with Gasteiger partial charge in [0.25, 0.3) is 0 Å². The van der Waals surface area contributed by atoms with Crippen LogP contribution in [0.4, 0.5) is 0 Å². The Morgan fingerprint density at radius 3 is 2.73 bits per heavy atom. The van der Waals surface area contributed by atoms with Gasteiger partial charge in [-0.25, -0.2) is 0 Å². The molecule has 11 heavy (non-hydrogen) atoms. The first-order chi connectivity index (χ1) is 5.08. The summed E-state index contributed by atoms with van der Waals surface area (Å²) in [6.45, 7) is 3.74. The van der Waals surface area contributed by atoms with Gasteiger partial charge in [-0.1, -0.05) is 6.92 Å². The average molecular weight is 156 g/mol. The molecule has 0 saturated heterocycles.